The fourth-order valence-corrected chi connectivity index (χ4v) is 3.12. The Morgan fingerprint density at radius 1 is 1.24 bits per heavy atom. The highest BCUT2D eigenvalue weighted by Crippen LogP contribution is 2.31. The highest BCUT2D eigenvalue weighted by Gasteiger charge is 2.35. The van der Waals surface area contributed by atoms with Crippen molar-refractivity contribution >= 4 is 34.6 Å². The molecular formula is C14H11N3O3S. The van der Waals surface area contributed by atoms with Gasteiger partial charge in [-0.05, 0) is 29.1 Å². The second kappa shape index (κ2) is 5.12. The van der Waals surface area contributed by atoms with E-state index in [4.69, 9.17) is 5.84 Å². The van der Waals surface area contributed by atoms with Crippen LogP contribution in [-0.4, -0.2) is 17.6 Å². The zero-order chi connectivity index (χ0) is 15.0. The molecule has 2 aromatic rings. The second-order valence-electron chi connectivity index (χ2n) is 4.49. The van der Waals surface area contributed by atoms with Gasteiger partial charge in [0, 0.05) is 0 Å². The van der Waals surface area contributed by atoms with E-state index >= 15 is 0 Å². The monoisotopic (exact) mass is 301 g/mol. The van der Waals surface area contributed by atoms with Crippen molar-refractivity contribution in [1.29, 1.82) is 0 Å². The van der Waals surface area contributed by atoms with Gasteiger partial charge in [0.2, 0.25) is 0 Å². The molecule has 6 nitrogen and oxygen atoms in total. The zero-order valence-corrected chi connectivity index (χ0v) is 11.6. The third-order valence-corrected chi connectivity index (χ3v) is 4.25. The number of hydrazine groups is 1. The van der Waals surface area contributed by atoms with Gasteiger partial charge in [0.25, 0.3) is 17.6 Å². The Kier molecular flexibility index (Phi) is 3.28. The number of para-hydroxylation sites is 1. The minimum Gasteiger partial charge on any atom is -0.300 e. The number of benzene rings is 1. The number of amides is 2. The van der Waals surface area contributed by atoms with Crippen molar-refractivity contribution in [3.05, 3.63) is 51.7 Å². The molecule has 7 heteroatoms. The van der Waals surface area contributed by atoms with Gasteiger partial charge in [0.1, 0.15) is 0 Å². The zero-order valence-electron chi connectivity index (χ0n) is 10.8. The van der Waals surface area contributed by atoms with Gasteiger partial charge in [-0.2, -0.15) is 0 Å². The first-order valence-electron chi connectivity index (χ1n) is 6.16. The van der Waals surface area contributed by atoms with Crippen molar-refractivity contribution in [3.63, 3.8) is 0 Å². The van der Waals surface area contributed by atoms with E-state index in [9.17, 15) is 14.4 Å². The second-order valence-corrected chi connectivity index (χ2v) is 5.40. The molecule has 0 bridgehead atoms. The number of thiophene rings is 1. The van der Waals surface area contributed by atoms with Gasteiger partial charge < -0.3 is 4.90 Å². The Morgan fingerprint density at radius 2 is 2.00 bits per heavy atom. The number of hydrogen-bond donors (Lipinski definition) is 2. The molecule has 2 heterocycles. The van der Waals surface area contributed by atoms with Gasteiger partial charge in [-0.1, -0.05) is 12.1 Å². The van der Waals surface area contributed by atoms with Crippen molar-refractivity contribution in [2.45, 2.75) is 6.54 Å². The molecule has 0 atom stereocenters. The molecule has 2 amide bonds. The van der Waals surface area contributed by atoms with Crippen LogP contribution in [0.25, 0.3) is 0 Å². The molecule has 0 radical (unpaired) electrons. The molecule has 0 saturated heterocycles. The van der Waals surface area contributed by atoms with E-state index in [1.807, 2.05) is 0 Å². The number of fused-ring (bicyclic) bond motifs is 1. The molecule has 1 aliphatic rings. The van der Waals surface area contributed by atoms with Crippen LogP contribution in [0.3, 0.4) is 0 Å². The molecule has 106 valence electrons. The number of nitrogen functional groups attached to an aromatic ring is 1. The first kappa shape index (κ1) is 13.5. The summed E-state index contributed by atoms with van der Waals surface area (Å²) >= 11 is 1.23. The molecule has 0 unspecified atom stereocenters. The fraction of sp³-hybridized carbons (Fsp3) is 0.0714. The number of ketones is 1. The minimum atomic E-state index is -0.582. The standard InChI is InChI=1S/C14H11N3O3S/c15-16-13(19)12-8(5-6-21-12)7-17-10-4-2-1-3-9(10)11(18)14(17)20/h1-6H,7,15H2,(H,16,19). The van der Waals surface area contributed by atoms with E-state index in [1.165, 1.54) is 16.2 Å². The summed E-state index contributed by atoms with van der Waals surface area (Å²) in [5.74, 6) is 3.62. The van der Waals surface area contributed by atoms with E-state index in [1.54, 1.807) is 35.7 Å². The van der Waals surface area contributed by atoms with E-state index < -0.39 is 17.6 Å². The van der Waals surface area contributed by atoms with Crippen LogP contribution in [-0.2, 0) is 11.3 Å². The Hall–Kier alpha value is -2.51. The Balaban J connectivity index is 1.96. The van der Waals surface area contributed by atoms with Crippen LogP contribution in [0.2, 0.25) is 0 Å². The van der Waals surface area contributed by atoms with Crippen molar-refractivity contribution in [1.82, 2.24) is 5.43 Å². The fourth-order valence-electron chi connectivity index (χ4n) is 2.30. The Bertz CT molecular complexity index is 753. The van der Waals surface area contributed by atoms with E-state index in [0.717, 1.165) is 0 Å². The summed E-state index contributed by atoms with van der Waals surface area (Å²) in [5.41, 5.74) is 3.69. The van der Waals surface area contributed by atoms with E-state index in [0.29, 0.717) is 21.7 Å². The van der Waals surface area contributed by atoms with Crippen LogP contribution >= 0.6 is 11.3 Å². The van der Waals surface area contributed by atoms with Crippen LogP contribution in [0.15, 0.2) is 35.7 Å². The van der Waals surface area contributed by atoms with Crippen LogP contribution in [0.5, 0.6) is 0 Å². The molecule has 0 fully saturated rings. The highest BCUT2D eigenvalue weighted by molar-refractivity contribution is 7.12. The maximum absolute atomic E-state index is 12.1. The third kappa shape index (κ3) is 2.12. The van der Waals surface area contributed by atoms with Crippen molar-refractivity contribution in [2.75, 3.05) is 4.90 Å². The van der Waals surface area contributed by atoms with Gasteiger partial charge in [-0.3, -0.25) is 19.8 Å². The highest BCUT2D eigenvalue weighted by atomic mass is 32.1. The lowest BCUT2D eigenvalue weighted by atomic mass is 10.1. The lowest BCUT2D eigenvalue weighted by molar-refractivity contribution is -0.114. The SMILES string of the molecule is NNC(=O)c1sccc1CN1C(=O)C(=O)c2ccccc21. The van der Waals surface area contributed by atoms with E-state index in [-0.39, 0.29) is 6.54 Å². The summed E-state index contributed by atoms with van der Waals surface area (Å²) in [5, 5.41) is 1.74. The minimum absolute atomic E-state index is 0.161. The van der Waals surface area contributed by atoms with E-state index in [2.05, 4.69) is 5.43 Å². The first-order valence-corrected chi connectivity index (χ1v) is 7.04. The Labute approximate surface area is 124 Å². The number of anilines is 1. The van der Waals surface area contributed by atoms with Gasteiger partial charge in [-0.25, -0.2) is 5.84 Å². The molecule has 3 rings (SSSR count). The summed E-state index contributed by atoms with van der Waals surface area (Å²) in [6, 6.07) is 8.56. The summed E-state index contributed by atoms with van der Waals surface area (Å²) < 4.78 is 0. The number of carbonyl (C=O) groups excluding carboxylic acids is 3. The maximum Gasteiger partial charge on any atom is 0.299 e. The van der Waals surface area contributed by atoms with Crippen molar-refractivity contribution < 1.29 is 14.4 Å². The number of Topliss-reactive ketones (excluding diaryl/α,β-unsaturated/α-hetero) is 1. The van der Waals surface area contributed by atoms with Gasteiger partial charge >= 0.3 is 0 Å². The average molecular weight is 301 g/mol. The van der Waals surface area contributed by atoms with Crippen molar-refractivity contribution in [3.8, 4) is 0 Å². The molecular weight excluding hydrogens is 290 g/mol. The molecule has 0 spiro atoms. The van der Waals surface area contributed by atoms with Crippen LogP contribution < -0.4 is 16.2 Å². The largest absolute Gasteiger partial charge is 0.300 e. The number of hydrogen-bond acceptors (Lipinski definition) is 5. The van der Waals surface area contributed by atoms with Gasteiger partial charge in [0.05, 0.1) is 22.7 Å². The normalized spacial score (nSPS) is 13.5. The predicted octanol–water partition coefficient (Wildman–Crippen LogP) is 1.08. The molecule has 21 heavy (non-hydrogen) atoms. The summed E-state index contributed by atoms with van der Waals surface area (Å²) in [6.07, 6.45) is 0. The lowest BCUT2D eigenvalue weighted by Gasteiger charge is -2.16. The number of nitrogens with zero attached hydrogens (tertiary/aromatic N) is 1. The number of nitrogens with one attached hydrogen (secondary N) is 1. The maximum atomic E-state index is 12.1. The smallest absolute Gasteiger partial charge is 0.299 e. The topological polar surface area (TPSA) is 92.5 Å². The van der Waals surface area contributed by atoms with Crippen LogP contribution in [0, 0.1) is 0 Å². The number of nitrogens with two attached hydrogens (primary N) is 1. The molecule has 1 aromatic heterocycles. The number of carbonyl (C=O) groups is 3. The van der Waals surface area contributed by atoms with Crippen LogP contribution in [0.1, 0.15) is 25.6 Å². The summed E-state index contributed by atoms with van der Waals surface area (Å²) in [7, 11) is 0. The molecule has 0 saturated carbocycles. The first-order chi connectivity index (χ1) is 10.1. The predicted molar refractivity (Wildman–Crippen MR) is 77.9 cm³/mol. The Morgan fingerprint density at radius 3 is 2.76 bits per heavy atom. The molecule has 1 aromatic carbocycles. The molecule has 0 aliphatic carbocycles. The number of rotatable bonds is 3. The molecule has 1 aliphatic heterocycles. The average Bonchev–Trinajstić information content (AvgIpc) is 3.06. The quantitative estimate of drug-likeness (QED) is 0.384. The van der Waals surface area contributed by atoms with Gasteiger partial charge in [-0.15, -0.1) is 11.3 Å². The lowest BCUT2D eigenvalue weighted by Crippen LogP contribution is -2.32. The van der Waals surface area contributed by atoms with Gasteiger partial charge in [0.15, 0.2) is 0 Å². The summed E-state index contributed by atoms with van der Waals surface area (Å²) in [4.78, 5) is 37.5. The third-order valence-electron chi connectivity index (χ3n) is 3.29. The molecule has 3 N–H and O–H groups in total. The summed E-state index contributed by atoms with van der Waals surface area (Å²) in [6.45, 7) is 0.161. The van der Waals surface area contributed by atoms with Crippen LogP contribution in [0.4, 0.5) is 5.69 Å². The van der Waals surface area contributed by atoms with Crippen molar-refractivity contribution in [2.24, 2.45) is 5.84 Å².